The fourth-order valence-corrected chi connectivity index (χ4v) is 3.89. The highest BCUT2D eigenvalue weighted by Gasteiger charge is 2.20. The van der Waals surface area contributed by atoms with Crippen molar-refractivity contribution >= 4 is 12.2 Å². The van der Waals surface area contributed by atoms with Crippen LogP contribution in [-0.2, 0) is 26.2 Å². The molecule has 0 aliphatic heterocycles. The molecule has 12 nitrogen and oxygen atoms in total. The molecule has 0 unspecified atom stereocenters. The summed E-state index contributed by atoms with van der Waals surface area (Å²) in [5, 5.41) is 21.6. The molecule has 2 aromatic heterocycles. The van der Waals surface area contributed by atoms with E-state index < -0.39 is 34.3 Å². The van der Waals surface area contributed by atoms with Crippen LogP contribution < -0.4 is 22.5 Å². The number of nitrogens with zero attached hydrogens (tertiary/aromatic N) is 6. The van der Waals surface area contributed by atoms with Crippen molar-refractivity contribution in [2.45, 2.75) is 47.0 Å². The van der Waals surface area contributed by atoms with Gasteiger partial charge in [0.05, 0.1) is 68.5 Å². The molecule has 2 N–H and O–H groups in total. The standard InChI is InChI=1S/C28H42N6O6/c1-10-29-23(35)21(25(37)31(27(29)39)16-18-33(4,5)6)14-12-20(3)13-15-22-24(36)30(11-2)28(40)32(26(22)38)17-19-34(7,8)9/h12,14-15H,10-11,16-19H2,1-9H3/p+2. The van der Waals surface area contributed by atoms with Crippen molar-refractivity contribution in [1.82, 2.24) is 18.3 Å². The number of hydrogen-bond donors (Lipinski definition) is 2. The van der Waals surface area contributed by atoms with Crippen molar-refractivity contribution in [2.75, 3.05) is 55.4 Å². The molecule has 0 bridgehead atoms. The third kappa shape index (κ3) is 7.62. The molecule has 220 valence electrons. The second-order valence-electron chi connectivity index (χ2n) is 11.8. The Kier molecular flexibility index (Phi) is 10.1. The normalized spacial score (nSPS) is 12.1. The number of hydrogen-bond acceptors (Lipinski definition) is 6. The van der Waals surface area contributed by atoms with Crippen LogP contribution in [0.5, 0.6) is 11.8 Å². The van der Waals surface area contributed by atoms with E-state index in [0.29, 0.717) is 27.6 Å². The first-order valence-electron chi connectivity index (χ1n) is 13.3. The maximum atomic E-state index is 12.9. The van der Waals surface area contributed by atoms with Gasteiger partial charge in [-0.3, -0.25) is 27.9 Å². The topological polar surface area (TPSA) is 128 Å². The summed E-state index contributed by atoms with van der Waals surface area (Å²) in [6.45, 7) is 6.84. The molecule has 0 saturated carbocycles. The van der Waals surface area contributed by atoms with Gasteiger partial charge in [0.1, 0.15) is 11.1 Å². The number of allylic oxidation sites excluding steroid dienone is 2. The molecule has 0 saturated heterocycles. The van der Waals surface area contributed by atoms with Crippen LogP contribution in [0.25, 0.3) is 12.2 Å². The van der Waals surface area contributed by atoms with Crippen LogP contribution >= 0.6 is 0 Å². The summed E-state index contributed by atoms with van der Waals surface area (Å²) in [6, 6.07) is 0. The van der Waals surface area contributed by atoms with E-state index in [1.807, 2.05) is 42.3 Å². The molecule has 40 heavy (non-hydrogen) atoms. The predicted octanol–water partition coefficient (Wildman–Crippen LogP) is 0.469. The van der Waals surface area contributed by atoms with Gasteiger partial charge in [0.15, 0.2) is 0 Å². The molecule has 2 rings (SSSR count). The molecule has 0 spiro atoms. The molecule has 0 aliphatic carbocycles. The Balaban J connectivity index is 2.61. The van der Waals surface area contributed by atoms with Crippen LogP contribution in [0.3, 0.4) is 0 Å². The van der Waals surface area contributed by atoms with Crippen molar-refractivity contribution in [2.24, 2.45) is 0 Å². The lowest BCUT2D eigenvalue weighted by molar-refractivity contribution is -0.871. The molecule has 0 aromatic carbocycles. The van der Waals surface area contributed by atoms with Gasteiger partial charge in [-0.05, 0) is 38.5 Å². The minimum atomic E-state index is -0.636. The minimum absolute atomic E-state index is 0.0472. The number of quaternary nitrogens is 2. The zero-order valence-corrected chi connectivity index (χ0v) is 25.2. The summed E-state index contributed by atoms with van der Waals surface area (Å²) < 4.78 is 5.60. The van der Waals surface area contributed by atoms with Crippen molar-refractivity contribution in [3.8, 4) is 11.8 Å². The monoisotopic (exact) mass is 560 g/mol. The summed E-state index contributed by atoms with van der Waals surface area (Å²) in [7, 11) is 11.8. The van der Waals surface area contributed by atoms with Gasteiger partial charge in [-0.2, -0.15) is 0 Å². The smallest absolute Gasteiger partial charge is 0.334 e. The number of aromatic nitrogens is 4. The summed E-state index contributed by atoms with van der Waals surface area (Å²) in [5.74, 6) is -0.862. The van der Waals surface area contributed by atoms with Crippen molar-refractivity contribution < 1.29 is 19.2 Å². The lowest BCUT2D eigenvalue weighted by atomic mass is 10.2. The molecule has 0 amide bonds. The average molecular weight is 561 g/mol. The van der Waals surface area contributed by atoms with Crippen molar-refractivity contribution in [1.29, 1.82) is 0 Å². The molecular weight excluding hydrogens is 516 g/mol. The van der Waals surface area contributed by atoms with Gasteiger partial charge in [-0.1, -0.05) is 6.08 Å². The third-order valence-corrected chi connectivity index (χ3v) is 6.43. The Morgan fingerprint density at radius 3 is 1.52 bits per heavy atom. The van der Waals surface area contributed by atoms with E-state index >= 15 is 0 Å². The van der Waals surface area contributed by atoms with Gasteiger partial charge < -0.3 is 19.2 Å². The maximum Gasteiger partial charge on any atom is 0.334 e. The molecule has 0 radical (unpaired) electrons. The molecular formula is C28H44N6O6+2. The molecule has 2 heterocycles. The van der Waals surface area contributed by atoms with Crippen LogP contribution in [0.1, 0.15) is 31.9 Å². The first-order valence-corrected chi connectivity index (χ1v) is 13.3. The Morgan fingerprint density at radius 1 is 0.725 bits per heavy atom. The zero-order valence-electron chi connectivity index (χ0n) is 25.2. The van der Waals surface area contributed by atoms with Gasteiger partial charge in [-0.15, -0.1) is 5.73 Å². The van der Waals surface area contributed by atoms with Gasteiger partial charge >= 0.3 is 11.4 Å². The number of rotatable bonds is 11. The second kappa shape index (κ2) is 12.5. The van der Waals surface area contributed by atoms with Crippen molar-refractivity contribution in [3.63, 3.8) is 0 Å². The number of likely N-dealkylation sites (N-methyl/N-ethyl adjacent to an activating group) is 2. The first-order chi connectivity index (χ1) is 18.4. The molecule has 0 atom stereocenters. The summed E-state index contributed by atoms with van der Waals surface area (Å²) in [4.78, 5) is 51.5. The van der Waals surface area contributed by atoms with E-state index in [9.17, 15) is 29.4 Å². The molecule has 0 fully saturated rings. The number of aromatic hydroxyl groups is 2. The van der Waals surface area contributed by atoms with E-state index in [-0.39, 0.29) is 37.3 Å². The fraction of sp³-hybridized carbons (Fsp3) is 0.536. The van der Waals surface area contributed by atoms with Crippen LogP contribution in [0.4, 0.5) is 0 Å². The predicted molar refractivity (Wildman–Crippen MR) is 157 cm³/mol. The highest BCUT2D eigenvalue weighted by atomic mass is 16.3. The summed E-state index contributed by atoms with van der Waals surface area (Å²) >= 11 is 0. The van der Waals surface area contributed by atoms with E-state index in [0.717, 1.165) is 9.13 Å². The van der Waals surface area contributed by atoms with E-state index in [2.05, 4.69) is 5.73 Å². The van der Waals surface area contributed by atoms with Gasteiger partial charge in [0, 0.05) is 13.1 Å². The molecule has 12 heteroatoms. The van der Waals surface area contributed by atoms with E-state index in [1.165, 1.54) is 27.4 Å². The average Bonchev–Trinajstić information content (AvgIpc) is 2.82. The van der Waals surface area contributed by atoms with Crippen LogP contribution in [0.15, 0.2) is 36.6 Å². The quantitative estimate of drug-likeness (QED) is 0.234. The second-order valence-corrected chi connectivity index (χ2v) is 11.8. The van der Waals surface area contributed by atoms with Gasteiger partial charge in [0.25, 0.3) is 11.1 Å². The third-order valence-electron chi connectivity index (χ3n) is 6.43. The first kappa shape index (κ1) is 32.4. The van der Waals surface area contributed by atoms with E-state index in [1.54, 1.807) is 20.8 Å². The summed E-state index contributed by atoms with van der Waals surface area (Å²) in [5.41, 5.74) is 0.834. The van der Waals surface area contributed by atoms with Crippen molar-refractivity contribution in [3.05, 3.63) is 70.2 Å². The fourth-order valence-electron chi connectivity index (χ4n) is 3.89. The molecule has 0 aliphatic rings. The SMILES string of the molecule is CCn1c(=O)c(C=C=C(C)C=Cc2c(O)n(CC[N+](C)(C)C)c(=O)n(CC)c2=O)c(O)n(CC[N+](C)(C)C)c1=O. The Labute approximate surface area is 234 Å². The van der Waals surface area contributed by atoms with E-state index in [4.69, 9.17) is 0 Å². The maximum absolute atomic E-state index is 12.9. The highest BCUT2D eigenvalue weighted by molar-refractivity contribution is 5.58. The lowest BCUT2D eigenvalue weighted by Gasteiger charge is -2.24. The summed E-state index contributed by atoms with van der Waals surface area (Å²) in [6.07, 6.45) is 4.22. The Bertz CT molecular complexity index is 1580. The molecule has 2 aromatic rings. The van der Waals surface area contributed by atoms with Gasteiger partial charge in [-0.25, -0.2) is 9.59 Å². The Hall–Kier alpha value is -3.86. The van der Waals surface area contributed by atoms with Gasteiger partial charge in [0.2, 0.25) is 11.8 Å². The Morgan fingerprint density at radius 2 is 1.12 bits per heavy atom. The van der Waals surface area contributed by atoms with Crippen LogP contribution in [0.2, 0.25) is 0 Å². The largest absolute Gasteiger partial charge is 0.494 e. The zero-order chi connectivity index (χ0) is 30.6. The van der Waals surface area contributed by atoms with Crippen LogP contribution in [-0.4, -0.2) is 92.8 Å². The highest BCUT2D eigenvalue weighted by Crippen LogP contribution is 2.16. The lowest BCUT2D eigenvalue weighted by Crippen LogP contribution is -2.44. The minimum Gasteiger partial charge on any atom is -0.494 e. The van der Waals surface area contributed by atoms with Crippen LogP contribution in [0, 0.1) is 0 Å².